The van der Waals surface area contributed by atoms with Gasteiger partial charge in [-0.3, -0.25) is 4.99 Å². The average molecular weight is 472 g/mol. The Kier molecular flexibility index (Phi) is 9.88. The van der Waals surface area contributed by atoms with Gasteiger partial charge in [0.2, 0.25) is 0 Å². The fourth-order valence-corrected chi connectivity index (χ4v) is 4.98. The van der Waals surface area contributed by atoms with Crippen LogP contribution in [0.25, 0.3) is 0 Å². The summed E-state index contributed by atoms with van der Waals surface area (Å²) < 4.78 is 23.1. The first-order chi connectivity index (χ1) is 11.0. The molecule has 6 nitrogen and oxygen atoms in total. The molecule has 142 valence electrons. The molecule has 2 N–H and O–H groups in total. The Bertz CT molecular complexity index is 492. The molecule has 2 aliphatic rings. The third kappa shape index (κ3) is 7.86. The predicted molar refractivity (Wildman–Crippen MR) is 111 cm³/mol. The number of piperidine rings is 1. The molecule has 0 saturated carbocycles. The average Bonchev–Trinajstić information content (AvgIpc) is 2.85. The topological polar surface area (TPSA) is 73.8 Å². The van der Waals surface area contributed by atoms with Crippen LogP contribution in [0.2, 0.25) is 0 Å². The number of aliphatic imine (C=N–C) groups is 1. The van der Waals surface area contributed by atoms with Crippen molar-refractivity contribution in [1.82, 2.24) is 15.5 Å². The van der Waals surface area contributed by atoms with E-state index in [1.54, 1.807) is 0 Å². The Morgan fingerprint density at radius 1 is 1.29 bits per heavy atom. The van der Waals surface area contributed by atoms with Gasteiger partial charge < -0.3 is 15.5 Å². The number of hydrogen-bond acceptors (Lipinski definition) is 4. The molecule has 2 heterocycles. The first kappa shape index (κ1) is 22.0. The van der Waals surface area contributed by atoms with Crippen molar-refractivity contribution in [2.45, 2.75) is 45.6 Å². The number of hydrogen-bond donors (Lipinski definition) is 2. The van der Waals surface area contributed by atoms with Crippen molar-refractivity contribution in [3.05, 3.63) is 0 Å². The van der Waals surface area contributed by atoms with E-state index in [0.717, 1.165) is 25.6 Å². The van der Waals surface area contributed by atoms with Crippen LogP contribution in [0, 0.1) is 5.92 Å². The molecule has 0 radical (unpaired) electrons. The van der Waals surface area contributed by atoms with Gasteiger partial charge >= 0.3 is 0 Å². The summed E-state index contributed by atoms with van der Waals surface area (Å²) in [5.41, 5.74) is 0. The van der Waals surface area contributed by atoms with Gasteiger partial charge in [0.25, 0.3) is 0 Å². The molecule has 0 bridgehead atoms. The smallest absolute Gasteiger partial charge is 0.191 e. The number of guanidine groups is 1. The summed E-state index contributed by atoms with van der Waals surface area (Å²) in [5, 5.41) is 6.50. The molecule has 2 rings (SSSR count). The van der Waals surface area contributed by atoms with Crippen molar-refractivity contribution in [3.63, 3.8) is 0 Å². The molecule has 2 fully saturated rings. The van der Waals surface area contributed by atoms with Crippen molar-refractivity contribution in [3.8, 4) is 0 Å². The van der Waals surface area contributed by atoms with E-state index in [0.29, 0.717) is 12.3 Å². The monoisotopic (exact) mass is 472 g/mol. The van der Waals surface area contributed by atoms with E-state index >= 15 is 0 Å². The molecule has 8 heteroatoms. The van der Waals surface area contributed by atoms with Crippen LogP contribution >= 0.6 is 24.0 Å². The summed E-state index contributed by atoms with van der Waals surface area (Å²) in [6.07, 6.45) is 4.67. The Hall–Kier alpha value is -0.0900. The third-order valence-electron chi connectivity index (χ3n) is 4.50. The highest BCUT2D eigenvalue weighted by Crippen LogP contribution is 2.12. The van der Waals surface area contributed by atoms with Crippen molar-refractivity contribution >= 4 is 39.8 Å². The highest BCUT2D eigenvalue weighted by molar-refractivity contribution is 14.0. The van der Waals surface area contributed by atoms with Gasteiger partial charge in [0.1, 0.15) is 0 Å². The van der Waals surface area contributed by atoms with Crippen molar-refractivity contribution in [1.29, 1.82) is 0 Å². The lowest BCUT2D eigenvalue weighted by Gasteiger charge is -2.28. The van der Waals surface area contributed by atoms with E-state index in [1.807, 2.05) is 6.92 Å². The summed E-state index contributed by atoms with van der Waals surface area (Å²) in [6, 6.07) is -0.00444. The van der Waals surface area contributed by atoms with Crippen molar-refractivity contribution in [2.75, 3.05) is 44.2 Å². The van der Waals surface area contributed by atoms with Gasteiger partial charge in [-0.2, -0.15) is 0 Å². The highest BCUT2D eigenvalue weighted by atomic mass is 127. The van der Waals surface area contributed by atoms with Crippen molar-refractivity contribution < 1.29 is 8.42 Å². The number of rotatable bonds is 6. The number of halogens is 1. The lowest BCUT2D eigenvalue weighted by molar-refractivity contribution is 0.203. The van der Waals surface area contributed by atoms with Gasteiger partial charge in [0.15, 0.2) is 15.8 Å². The van der Waals surface area contributed by atoms with Gasteiger partial charge in [-0.25, -0.2) is 8.42 Å². The Morgan fingerprint density at radius 2 is 2.00 bits per heavy atom. The molecule has 2 saturated heterocycles. The van der Waals surface area contributed by atoms with E-state index in [2.05, 4.69) is 27.4 Å². The maximum Gasteiger partial charge on any atom is 0.191 e. The second kappa shape index (κ2) is 10.8. The van der Waals surface area contributed by atoms with Crippen LogP contribution in [-0.2, 0) is 9.84 Å². The maximum atomic E-state index is 11.6. The van der Waals surface area contributed by atoms with Crippen LogP contribution in [0.3, 0.4) is 0 Å². The highest BCUT2D eigenvalue weighted by Gasteiger charge is 2.28. The molecule has 0 amide bonds. The molecule has 0 aromatic carbocycles. The normalized spacial score (nSPS) is 25.8. The van der Waals surface area contributed by atoms with Crippen LogP contribution in [0.1, 0.15) is 39.5 Å². The maximum absolute atomic E-state index is 11.6. The predicted octanol–water partition coefficient (Wildman–Crippen LogP) is 1.47. The standard InChI is InChI=1S/C16H32N4O2S.HI/c1-3-17-16(19-15-7-10-23(21,22)13-15)18-11-14(2)12-20-8-5-4-6-9-20;/h14-15H,3-13H2,1-2H3,(H2,17,18,19);1H. The molecule has 24 heavy (non-hydrogen) atoms. The fourth-order valence-electron chi connectivity index (χ4n) is 3.31. The Labute approximate surface area is 164 Å². The van der Waals surface area contributed by atoms with Gasteiger partial charge in [-0.05, 0) is 45.2 Å². The van der Waals surface area contributed by atoms with Crippen molar-refractivity contribution in [2.24, 2.45) is 10.9 Å². The van der Waals surface area contributed by atoms with E-state index in [9.17, 15) is 8.42 Å². The first-order valence-electron chi connectivity index (χ1n) is 8.96. The lowest BCUT2D eigenvalue weighted by atomic mass is 10.1. The molecule has 2 unspecified atom stereocenters. The summed E-state index contributed by atoms with van der Waals surface area (Å²) in [7, 11) is -2.86. The number of nitrogens with one attached hydrogen (secondary N) is 2. The van der Waals surface area contributed by atoms with E-state index in [4.69, 9.17) is 0 Å². The zero-order valence-corrected chi connectivity index (χ0v) is 18.1. The number of nitrogens with zero attached hydrogens (tertiary/aromatic N) is 2. The van der Waals surface area contributed by atoms with Crippen LogP contribution < -0.4 is 10.6 Å². The number of likely N-dealkylation sites (tertiary alicyclic amines) is 1. The van der Waals surface area contributed by atoms with E-state index < -0.39 is 9.84 Å². The molecular weight excluding hydrogens is 439 g/mol. The second-order valence-electron chi connectivity index (χ2n) is 6.93. The SMILES string of the molecule is CCNC(=NCC(C)CN1CCCCC1)NC1CCS(=O)(=O)C1.I. The summed E-state index contributed by atoms with van der Waals surface area (Å²) in [5.74, 6) is 1.77. The van der Waals surface area contributed by atoms with Gasteiger partial charge in [-0.1, -0.05) is 13.3 Å². The lowest BCUT2D eigenvalue weighted by Crippen LogP contribution is -2.44. The van der Waals surface area contributed by atoms with Crippen LogP contribution in [0.5, 0.6) is 0 Å². The van der Waals surface area contributed by atoms with Crippen LogP contribution in [0.15, 0.2) is 4.99 Å². The molecule has 0 aromatic rings. The van der Waals surface area contributed by atoms with Crippen LogP contribution in [0.4, 0.5) is 0 Å². The van der Waals surface area contributed by atoms with Gasteiger partial charge in [0.05, 0.1) is 11.5 Å². The van der Waals surface area contributed by atoms with E-state index in [-0.39, 0.29) is 41.5 Å². The Morgan fingerprint density at radius 3 is 2.58 bits per heavy atom. The quantitative estimate of drug-likeness (QED) is 0.348. The zero-order chi connectivity index (χ0) is 16.7. The first-order valence-corrected chi connectivity index (χ1v) is 10.8. The van der Waals surface area contributed by atoms with Gasteiger partial charge in [-0.15, -0.1) is 24.0 Å². The molecule has 2 aliphatic heterocycles. The molecule has 0 aromatic heterocycles. The zero-order valence-electron chi connectivity index (χ0n) is 15.0. The molecule has 0 aliphatic carbocycles. The Balaban J connectivity index is 0.00000288. The minimum Gasteiger partial charge on any atom is -0.357 e. The minimum atomic E-state index is -2.86. The summed E-state index contributed by atoms with van der Waals surface area (Å²) >= 11 is 0. The number of sulfone groups is 1. The molecule has 2 atom stereocenters. The molecule has 0 spiro atoms. The summed E-state index contributed by atoms with van der Waals surface area (Å²) in [4.78, 5) is 7.20. The third-order valence-corrected chi connectivity index (χ3v) is 6.27. The second-order valence-corrected chi connectivity index (χ2v) is 9.16. The minimum absolute atomic E-state index is 0. The van der Waals surface area contributed by atoms with E-state index in [1.165, 1.54) is 32.4 Å². The van der Waals surface area contributed by atoms with Gasteiger partial charge in [0, 0.05) is 25.7 Å². The summed E-state index contributed by atoms with van der Waals surface area (Å²) in [6.45, 7) is 9.35. The molecular formula is C16H33IN4O2S. The van der Waals surface area contributed by atoms with Crippen LogP contribution in [-0.4, -0.2) is 69.5 Å². The fraction of sp³-hybridized carbons (Fsp3) is 0.938. The largest absolute Gasteiger partial charge is 0.357 e.